The van der Waals surface area contributed by atoms with Gasteiger partial charge in [0, 0.05) is 9.64 Å². The van der Waals surface area contributed by atoms with E-state index in [1.165, 1.54) is 6.07 Å². The van der Waals surface area contributed by atoms with Crippen LogP contribution >= 0.6 is 22.6 Å². The van der Waals surface area contributed by atoms with E-state index in [4.69, 9.17) is 9.95 Å². The van der Waals surface area contributed by atoms with Gasteiger partial charge in [0.05, 0.1) is 6.07 Å². The topological polar surface area (TPSA) is 82.5 Å². The molecule has 0 heterocycles. The number of benzene rings is 1. The highest BCUT2D eigenvalue weighted by Gasteiger charge is 2.21. The third kappa shape index (κ3) is 2.20. The number of rotatable bonds is 1. The number of hydrogen-bond donors (Lipinski definition) is 1. The molecule has 14 heavy (non-hydrogen) atoms. The first-order valence-electron chi connectivity index (χ1n) is 3.49. The maximum absolute atomic E-state index is 10.9. The number of nitrogens with zero attached hydrogens (tertiary/aromatic N) is 2. The first-order chi connectivity index (χ1) is 6.36. The maximum atomic E-state index is 10.9. The number of hydrogen-bond acceptors (Lipinski definition) is 3. The molecule has 0 aromatic heterocycles. The molecule has 0 aliphatic carbocycles. The lowest BCUT2D eigenvalue weighted by Crippen LogP contribution is -2.01. The summed E-state index contributed by atoms with van der Waals surface area (Å²) in [5.74, 6) is 0. The Labute approximate surface area is 94.6 Å². The molecule has 1 aromatic carbocycles. The molecule has 74 valence electrons. The normalized spacial score (nSPS) is 11.0. The molecule has 0 amide bonds. The minimum Gasteiger partial charge on any atom is -0.282 e. The van der Waals surface area contributed by atoms with Crippen molar-refractivity contribution >= 4 is 38.4 Å². The van der Waals surface area contributed by atoms with Gasteiger partial charge in [-0.05, 0) is 35.1 Å². The zero-order valence-electron chi connectivity index (χ0n) is 7.10. The molecule has 0 saturated heterocycles. The van der Waals surface area contributed by atoms with Gasteiger partial charge in [-0.15, -0.1) is 0 Å². The van der Waals surface area contributed by atoms with Crippen LogP contribution in [0.25, 0.3) is 4.98 Å². The summed E-state index contributed by atoms with van der Waals surface area (Å²) in [6, 6.07) is 2.61. The van der Waals surface area contributed by atoms with E-state index in [-0.39, 0.29) is 10.6 Å². The molecule has 7 heteroatoms. The molecule has 0 aliphatic heterocycles. The van der Waals surface area contributed by atoms with E-state index in [1.54, 1.807) is 29.5 Å². The standard InChI is InChI=1S/C7H5IN2O3S/c1-4-2-5(10-9)3-6(7(4)8)14(11,12)13/h2-3H,1H3/p+1. The van der Waals surface area contributed by atoms with Crippen LogP contribution in [0, 0.1) is 15.9 Å². The van der Waals surface area contributed by atoms with Gasteiger partial charge in [-0.2, -0.15) is 8.42 Å². The predicted octanol–water partition coefficient (Wildman–Crippen LogP) is 2.33. The third-order valence-corrected chi connectivity index (χ3v) is 4.27. The van der Waals surface area contributed by atoms with Crippen LogP contribution in [-0.2, 0) is 10.1 Å². The minimum atomic E-state index is -4.27. The van der Waals surface area contributed by atoms with Crippen molar-refractivity contribution in [3.05, 3.63) is 26.2 Å². The van der Waals surface area contributed by atoms with Gasteiger partial charge in [-0.1, -0.05) is 0 Å². The van der Waals surface area contributed by atoms with Crippen LogP contribution in [0.2, 0.25) is 0 Å². The fourth-order valence-corrected chi connectivity index (χ4v) is 2.77. The summed E-state index contributed by atoms with van der Waals surface area (Å²) in [6.07, 6.45) is 0. The lowest BCUT2D eigenvalue weighted by atomic mass is 10.2. The van der Waals surface area contributed by atoms with Crippen LogP contribution in [0.1, 0.15) is 5.56 Å². The first-order valence-corrected chi connectivity index (χ1v) is 6.01. The first kappa shape index (κ1) is 11.4. The highest BCUT2D eigenvalue weighted by atomic mass is 127. The second-order valence-corrected chi connectivity index (χ2v) is 5.12. The Morgan fingerprint density at radius 3 is 2.50 bits per heavy atom. The van der Waals surface area contributed by atoms with E-state index in [9.17, 15) is 8.42 Å². The van der Waals surface area contributed by atoms with Gasteiger partial charge in [0.1, 0.15) is 4.90 Å². The summed E-state index contributed by atoms with van der Waals surface area (Å²) < 4.78 is 31.1. The zero-order valence-corrected chi connectivity index (χ0v) is 10.1. The van der Waals surface area contributed by atoms with E-state index < -0.39 is 10.1 Å². The molecule has 1 rings (SSSR count). The van der Waals surface area contributed by atoms with Crippen molar-refractivity contribution in [2.45, 2.75) is 11.8 Å². The predicted molar refractivity (Wildman–Crippen MR) is 58.5 cm³/mol. The van der Waals surface area contributed by atoms with Crippen LogP contribution in [-0.4, -0.2) is 13.0 Å². The van der Waals surface area contributed by atoms with Crippen LogP contribution in [0.4, 0.5) is 5.69 Å². The van der Waals surface area contributed by atoms with Crippen molar-refractivity contribution in [3.63, 3.8) is 0 Å². The summed E-state index contributed by atoms with van der Waals surface area (Å²) in [7, 11) is -4.27. The van der Waals surface area contributed by atoms with Gasteiger partial charge in [0.2, 0.25) is 5.39 Å². The molecule has 0 atom stereocenters. The average molecular weight is 325 g/mol. The van der Waals surface area contributed by atoms with Gasteiger partial charge in [-0.3, -0.25) is 4.55 Å². The molecule has 0 fully saturated rings. The van der Waals surface area contributed by atoms with Gasteiger partial charge in [0.15, 0.2) is 4.98 Å². The lowest BCUT2D eigenvalue weighted by molar-refractivity contribution is 0.482. The summed E-state index contributed by atoms with van der Waals surface area (Å²) in [5.41, 5.74) is 0.712. The van der Waals surface area contributed by atoms with Crippen molar-refractivity contribution in [2.75, 3.05) is 0 Å². The largest absolute Gasteiger partial charge is 0.386 e. The van der Waals surface area contributed by atoms with Crippen molar-refractivity contribution in [3.8, 4) is 0 Å². The number of aryl methyl sites for hydroxylation is 1. The van der Waals surface area contributed by atoms with Gasteiger partial charge in [0.25, 0.3) is 10.1 Å². The lowest BCUT2D eigenvalue weighted by Gasteiger charge is -2.01. The Balaban J connectivity index is 3.61. The van der Waals surface area contributed by atoms with Crippen LogP contribution in [0.3, 0.4) is 0 Å². The quantitative estimate of drug-likeness (QED) is 0.488. The highest BCUT2D eigenvalue weighted by molar-refractivity contribution is 14.1. The number of halogens is 1. The zero-order chi connectivity index (χ0) is 10.9. The monoisotopic (exact) mass is 325 g/mol. The van der Waals surface area contributed by atoms with E-state index >= 15 is 0 Å². The molecule has 0 aliphatic rings. The van der Waals surface area contributed by atoms with Crippen molar-refractivity contribution in [1.29, 1.82) is 5.39 Å². The molecule has 0 unspecified atom stereocenters. The van der Waals surface area contributed by atoms with Gasteiger partial charge < -0.3 is 0 Å². The Hall–Kier alpha value is -0.720. The Morgan fingerprint density at radius 2 is 2.07 bits per heavy atom. The second kappa shape index (κ2) is 3.80. The Bertz CT molecular complexity index is 518. The molecular formula is C7H6IN2O3S+. The summed E-state index contributed by atoms with van der Waals surface area (Å²) in [4.78, 5) is 2.62. The van der Waals surface area contributed by atoms with E-state index in [1.807, 2.05) is 0 Å². The SMILES string of the molecule is Cc1cc([N+]#N)cc(S(=O)(=O)O)c1I. The maximum Gasteiger partial charge on any atom is 0.386 e. The molecule has 0 saturated carbocycles. The van der Waals surface area contributed by atoms with E-state index in [0.29, 0.717) is 9.13 Å². The molecule has 0 bridgehead atoms. The molecule has 0 radical (unpaired) electrons. The molecule has 1 aromatic rings. The third-order valence-electron chi connectivity index (χ3n) is 1.60. The van der Waals surface area contributed by atoms with Crippen LogP contribution in [0.5, 0.6) is 0 Å². The molecule has 1 N–H and O–H groups in total. The summed E-state index contributed by atoms with van der Waals surface area (Å²) in [5, 5.41) is 8.49. The van der Waals surface area contributed by atoms with Gasteiger partial charge in [-0.25, -0.2) is 0 Å². The fourth-order valence-electron chi connectivity index (χ4n) is 0.964. The van der Waals surface area contributed by atoms with E-state index in [2.05, 4.69) is 4.98 Å². The summed E-state index contributed by atoms with van der Waals surface area (Å²) in [6.45, 7) is 1.66. The van der Waals surface area contributed by atoms with Crippen molar-refractivity contribution in [2.24, 2.45) is 0 Å². The smallest absolute Gasteiger partial charge is 0.282 e. The Morgan fingerprint density at radius 1 is 1.50 bits per heavy atom. The van der Waals surface area contributed by atoms with Crippen molar-refractivity contribution < 1.29 is 13.0 Å². The molecule has 0 spiro atoms. The highest BCUT2D eigenvalue weighted by Crippen LogP contribution is 2.27. The fraction of sp³-hybridized carbons (Fsp3) is 0.143. The molecular weight excluding hydrogens is 319 g/mol. The van der Waals surface area contributed by atoms with Gasteiger partial charge >= 0.3 is 5.69 Å². The molecule has 5 nitrogen and oxygen atoms in total. The second-order valence-electron chi connectivity index (χ2n) is 2.65. The van der Waals surface area contributed by atoms with Crippen molar-refractivity contribution in [1.82, 2.24) is 0 Å². The van der Waals surface area contributed by atoms with Crippen LogP contribution < -0.4 is 0 Å². The average Bonchev–Trinajstić information content (AvgIpc) is 2.07. The number of diazo groups is 1. The minimum absolute atomic E-state index is 0.0931. The summed E-state index contributed by atoms with van der Waals surface area (Å²) >= 11 is 1.80. The van der Waals surface area contributed by atoms with E-state index in [0.717, 1.165) is 6.07 Å². The van der Waals surface area contributed by atoms with Crippen LogP contribution in [0.15, 0.2) is 17.0 Å². The Kier molecular flexibility index (Phi) is 3.08.